The highest BCUT2D eigenvalue weighted by Crippen LogP contribution is 2.32. The van der Waals surface area contributed by atoms with Gasteiger partial charge in [0, 0.05) is 54.5 Å². The molecule has 0 spiro atoms. The van der Waals surface area contributed by atoms with E-state index in [1.807, 2.05) is 54.7 Å². The molecule has 8 nitrogen and oxygen atoms in total. The summed E-state index contributed by atoms with van der Waals surface area (Å²) in [5.41, 5.74) is 11.1. The zero-order chi connectivity index (χ0) is 27.2. The maximum absolute atomic E-state index is 12.8. The fourth-order valence-electron chi connectivity index (χ4n) is 4.66. The zero-order valence-electron chi connectivity index (χ0n) is 22.9. The van der Waals surface area contributed by atoms with Crippen LogP contribution in [0.3, 0.4) is 0 Å². The minimum absolute atomic E-state index is 0.0974. The van der Waals surface area contributed by atoms with Crippen molar-refractivity contribution in [3.8, 4) is 11.1 Å². The van der Waals surface area contributed by atoms with Gasteiger partial charge in [-0.15, -0.1) is 11.8 Å². The van der Waals surface area contributed by atoms with Gasteiger partial charge in [-0.05, 0) is 31.7 Å². The van der Waals surface area contributed by atoms with Crippen LogP contribution in [0.1, 0.15) is 39.7 Å². The lowest BCUT2D eigenvalue weighted by Gasteiger charge is -2.36. The average molecular weight is 532 g/mol. The first-order chi connectivity index (χ1) is 18.5. The number of nitrogen functional groups attached to an aromatic ring is 1. The summed E-state index contributed by atoms with van der Waals surface area (Å²) in [5.74, 6) is 1.57. The van der Waals surface area contributed by atoms with E-state index in [0.29, 0.717) is 37.6 Å². The molecule has 9 heteroatoms. The van der Waals surface area contributed by atoms with Crippen LogP contribution in [0.4, 0.5) is 11.6 Å². The molecule has 0 unspecified atom stereocenters. The normalized spacial score (nSPS) is 14.1. The molecule has 1 amide bonds. The number of hydrogen-bond acceptors (Lipinski definition) is 7. The van der Waals surface area contributed by atoms with Crippen LogP contribution >= 0.6 is 11.8 Å². The lowest BCUT2D eigenvalue weighted by atomic mass is 10.1. The Morgan fingerprint density at radius 3 is 2.47 bits per heavy atom. The smallest absolute Gasteiger partial charge is 0.260 e. The SMILES string of the molecule is C/C=C(\SC)C(=O)N1CCN(c2nc3c(-c4cnc5ccccc5c4)cnn3c(N)c2CC)CC1.CCC. The Hall–Kier alpha value is -3.59. The van der Waals surface area contributed by atoms with Crippen LogP contribution in [-0.4, -0.2) is 62.8 Å². The van der Waals surface area contributed by atoms with Gasteiger partial charge in [-0.25, -0.2) is 4.98 Å². The Labute approximate surface area is 228 Å². The van der Waals surface area contributed by atoms with E-state index in [1.54, 1.807) is 4.52 Å². The van der Waals surface area contributed by atoms with Crippen LogP contribution in [0.15, 0.2) is 53.7 Å². The molecule has 1 aliphatic heterocycles. The Kier molecular flexibility index (Phi) is 8.89. The van der Waals surface area contributed by atoms with Gasteiger partial charge in [0.05, 0.1) is 16.6 Å². The van der Waals surface area contributed by atoms with Gasteiger partial charge in [0.2, 0.25) is 0 Å². The molecule has 3 aromatic heterocycles. The van der Waals surface area contributed by atoms with Crippen LogP contribution in [-0.2, 0) is 11.2 Å². The molecule has 1 saturated heterocycles. The molecule has 0 radical (unpaired) electrons. The predicted molar refractivity (Wildman–Crippen MR) is 160 cm³/mol. The van der Waals surface area contributed by atoms with Crippen LogP contribution in [0.25, 0.3) is 27.7 Å². The molecule has 200 valence electrons. The molecule has 1 fully saturated rings. The van der Waals surface area contributed by atoms with Crippen molar-refractivity contribution in [1.82, 2.24) is 24.5 Å². The quantitative estimate of drug-likeness (QED) is 0.344. The maximum Gasteiger partial charge on any atom is 0.260 e. The standard InChI is InChI=1S/C26H29N7OS.C3H8/c1-4-19-23(27)33-25(20(16-29-33)18-14-17-8-6-7-9-21(17)28-15-18)30-24(19)31-10-12-32(13-11-31)26(34)22(5-2)35-3;1-3-2/h5-9,14-16H,4,10-13,27H2,1-3H3;3H2,1-2H3/b22-5-;. The first-order valence-corrected chi connectivity index (χ1v) is 14.4. The Bertz CT molecular complexity index is 1450. The van der Waals surface area contributed by atoms with E-state index >= 15 is 0 Å². The molecule has 0 bridgehead atoms. The van der Waals surface area contributed by atoms with E-state index in [0.717, 1.165) is 44.7 Å². The third-order valence-corrected chi connectivity index (χ3v) is 7.43. The second-order valence-corrected chi connectivity index (χ2v) is 10.1. The Morgan fingerprint density at radius 1 is 1.11 bits per heavy atom. The van der Waals surface area contributed by atoms with Crippen LogP contribution < -0.4 is 10.6 Å². The largest absolute Gasteiger partial charge is 0.383 e. The molecule has 38 heavy (non-hydrogen) atoms. The number of thioether (sulfide) groups is 1. The molecule has 1 aromatic carbocycles. The molecular weight excluding hydrogens is 494 g/mol. The van der Waals surface area contributed by atoms with Gasteiger partial charge in [-0.2, -0.15) is 9.61 Å². The number of carbonyl (C=O) groups excluding carboxylic acids is 1. The summed E-state index contributed by atoms with van der Waals surface area (Å²) in [5, 5.41) is 5.63. The van der Waals surface area contributed by atoms with Crippen molar-refractivity contribution in [3.05, 3.63) is 59.3 Å². The van der Waals surface area contributed by atoms with E-state index in [2.05, 4.69) is 47.9 Å². The van der Waals surface area contributed by atoms with Gasteiger partial charge >= 0.3 is 0 Å². The van der Waals surface area contributed by atoms with E-state index < -0.39 is 0 Å². The third-order valence-electron chi connectivity index (χ3n) is 6.58. The summed E-state index contributed by atoms with van der Waals surface area (Å²) in [6.45, 7) is 10.9. The number of piperazine rings is 1. The number of nitrogens with two attached hydrogens (primary N) is 1. The summed E-state index contributed by atoms with van der Waals surface area (Å²) in [4.78, 5) is 27.4. The summed E-state index contributed by atoms with van der Waals surface area (Å²) in [6.07, 6.45) is 9.48. The Morgan fingerprint density at radius 2 is 1.82 bits per heavy atom. The second kappa shape index (κ2) is 12.3. The topological polar surface area (TPSA) is 92.7 Å². The van der Waals surface area contributed by atoms with Gasteiger partial charge in [0.25, 0.3) is 5.91 Å². The number of anilines is 2. The number of benzene rings is 1. The minimum atomic E-state index is 0.0974. The number of fused-ring (bicyclic) bond motifs is 2. The van der Waals surface area contributed by atoms with Crippen molar-refractivity contribution in [2.24, 2.45) is 0 Å². The first-order valence-electron chi connectivity index (χ1n) is 13.2. The van der Waals surface area contributed by atoms with E-state index in [-0.39, 0.29) is 5.91 Å². The number of nitrogens with zero attached hydrogens (tertiary/aromatic N) is 6. The highest BCUT2D eigenvalue weighted by atomic mass is 32.2. The molecule has 4 heterocycles. The van der Waals surface area contributed by atoms with E-state index in [4.69, 9.17) is 10.7 Å². The number of para-hydroxylation sites is 1. The molecule has 5 rings (SSSR count). The molecule has 4 aromatic rings. The summed E-state index contributed by atoms with van der Waals surface area (Å²) in [7, 11) is 0. The Balaban J connectivity index is 0.00000107. The van der Waals surface area contributed by atoms with Crippen LogP contribution in [0.5, 0.6) is 0 Å². The van der Waals surface area contributed by atoms with Crippen molar-refractivity contribution >= 4 is 45.9 Å². The molecule has 0 aliphatic carbocycles. The van der Waals surface area contributed by atoms with Gasteiger partial charge in [-0.3, -0.25) is 9.78 Å². The van der Waals surface area contributed by atoms with Crippen molar-refractivity contribution in [1.29, 1.82) is 0 Å². The number of rotatable bonds is 5. The number of carbonyl (C=O) groups is 1. The monoisotopic (exact) mass is 531 g/mol. The van der Waals surface area contributed by atoms with E-state index in [1.165, 1.54) is 18.2 Å². The van der Waals surface area contributed by atoms with E-state index in [9.17, 15) is 4.79 Å². The fourth-order valence-corrected chi connectivity index (χ4v) is 5.20. The molecule has 0 atom stereocenters. The molecule has 1 aliphatic rings. The number of aromatic nitrogens is 4. The highest BCUT2D eigenvalue weighted by Gasteiger charge is 2.27. The van der Waals surface area contributed by atoms with Gasteiger partial charge in [-0.1, -0.05) is 51.5 Å². The average Bonchev–Trinajstić information content (AvgIpc) is 3.38. The van der Waals surface area contributed by atoms with Gasteiger partial charge in [0.15, 0.2) is 5.65 Å². The molecule has 0 saturated carbocycles. The second-order valence-electron chi connectivity index (χ2n) is 9.21. The lowest BCUT2D eigenvalue weighted by Crippen LogP contribution is -2.49. The van der Waals surface area contributed by atoms with Crippen molar-refractivity contribution in [3.63, 3.8) is 0 Å². The highest BCUT2D eigenvalue weighted by molar-refractivity contribution is 8.03. The minimum Gasteiger partial charge on any atom is -0.383 e. The lowest BCUT2D eigenvalue weighted by molar-refractivity contribution is -0.126. The van der Waals surface area contributed by atoms with Crippen molar-refractivity contribution in [2.45, 2.75) is 40.5 Å². The van der Waals surface area contributed by atoms with Crippen molar-refractivity contribution < 1.29 is 4.79 Å². The number of allylic oxidation sites excluding steroid dienone is 1. The number of hydrogen-bond donors (Lipinski definition) is 1. The number of pyridine rings is 1. The van der Waals surface area contributed by atoms with Gasteiger partial charge in [0.1, 0.15) is 11.6 Å². The fraction of sp³-hybridized carbons (Fsp3) is 0.379. The maximum atomic E-state index is 12.8. The molecule has 2 N–H and O–H groups in total. The molecular formula is C29H37N7OS. The third kappa shape index (κ3) is 5.34. The number of amides is 1. The summed E-state index contributed by atoms with van der Waals surface area (Å²) < 4.78 is 1.73. The predicted octanol–water partition coefficient (Wildman–Crippen LogP) is 5.42. The summed E-state index contributed by atoms with van der Waals surface area (Å²) >= 11 is 1.49. The van der Waals surface area contributed by atoms with Gasteiger partial charge < -0.3 is 15.5 Å². The van der Waals surface area contributed by atoms with Crippen LogP contribution in [0, 0.1) is 0 Å². The van der Waals surface area contributed by atoms with Crippen LogP contribution in [0.2, 0.25) is 0 Å². The zero-order valence-corrected chi connectivity index (χ0v) is 23.8. The first kappa shape index (κ1) is 27.4. The van der Waals surface area contributed by atoms with Crippen molar-refractivity contribution in [2.75, 3.05) is 43.1 Å². The summed E-state index contributed by atoms with van der Waals surface area (Å²) in [6, 6.07) is 10.2.